The molecule has 0 bridgehead atoms. The lowest BCUT2D eigenvalue weighted by molar-refractivity contribution is -0.339. The Labute approximate surface area is 210 Å². The van der Waals surface area contributed by atoms with Gasteiger partial charge in [0.25, 0.3) is 0 Å². The predicted molar refractivity (Wildman–Crippen MR) is 120 cm³/mol. The van der Waals surface area contributed by atoms with Crippen LogP contribution in [0, 0.1) is 11.8 Å². The largest absolute Gasteiger partial charge is 0.504 e. The Morgan fingerprint density at radius 1 is 1.11 bits per heavy atom. The van der Waals surface area contributed by atoms with Crippen LogP contribution in [-0.2, 0) is 23.7 Å². The Hall–Kier alpha value is -3.20. The quantitative estimate of drug-likeness (QED) is 0.184. The monoisotopic (exact) mass is 524 g/mol. The van der Waals surface area contributed by atoms with E-state index in [0.29, 0.717) is 5.57 Å². The van der Waals surface area contributed by atoms with E-state index in [1.165, 1.54) is 25.3 Å². The number of ether oxygens (including phenoxy) is 5. The van der Waals surface area contributed by atoms with Gasteiger partial charge in [-0.2, -0.15) is 0 Å². The van der Waals surface area contributed by atoms with Gasteiger partial charge in [-0.3, -0.25) is 0 Å². The summed E-state index contributed by atoms with van der Waals surface area (Å²) in [6.45, 7) is -0.900. The summed E-state index contributed by atoms with van der Waals surface area (Å²) in [4.78, 5) is 24.4. The molecule has 1 aromatic rings. The maximum Gasteiger partial charge on any atom is 0.338 e. The second kappa shape index (κ2) is 11.0. The van der Waals surface area contributed by atoms with Gasteiger partial charge in [0.05, 0.1) is 37.0 Å². The summed E-state index contributed by atoms with van der Waals surface area (Å²) in [6.07, 6.45) is -5.89. The molecule has 13 nitrogen and oxygen atoms in total. The number of fused-ring (bicyclic) bond motifs is 1. The van der Waals surface area contributed by atoms with Crippen LogP contribution in [0.25, 0.3) is 0 Å². The molecule has 1 aromatic carbocycles. The fraction of sp³-hybridized carbons (Fsp3) is 0.500. The Morgan fingerprint density at radius 2 is 1.86 bits per heavy atom. The maximum atomic E-state index is 12.6. The molecule has 37 heavy (non-hydrogen) atoms. The van der Waals surface area contributed by atoms with E-state index in [1.807, 2.05) is 0 Å². The van der Waals surface area contributed by atoms with Gasteiger partial charge in [-0.15, -0.1) is 0 Å². The molecule has 8 atom stereocenters. The van der Waals surface area contributed by atoms with Crippen molar-refractivity contribution >= 4 is 11.9 Å². The highest BCUT2D eigenvalue weighted by molar-refractivity contribution is 5.90. The molecule has 1 saturated heterocycles. The number of carbonyl (C=O) groups is 2. The molecule has 202 valence electrons. The molecule has 6 N–H and O–H groups in total. The molecular weight excluding hydrogens is 496 g/mol. The molecule has 1 fully saturated rings. The number of rotatable bonds is 8. The molecule has 0 aromatic heterocycles. The minimum absolute atomic E-state index is 0.0282. The summed E-state index contributed by atoms with van der Waals surface area (Å²) in [5.41, 5.74) is 0.579. The van der Waals surface area contributed by atoms with E-state index in [4.69, 9.17) is 23.7 Å². The first-order valence-corrected chi connectivity index (χ1v) is 11.4. The number of methoxy groups -OCH3 is 1. The van der Waals surface area contributed by atoms with Gasteiger partial charge in [-0.05, 0) is 30.2 Å². The van der Waals surface area contributed by atoms with E-state index < -0.39 is 67.4 Å². The average Bonchev–Trinajstić information content (AvgIpc) is 3.32. The van der Waals surface area contributed by atoms with Gasteiger partial charge in [0.1, 0.15) is 31.0 Å². The van der Waals surface area contributed by atoms with Gasteiger partial charge < -0.3 is 54.3 Å². The molecule has 4 rings (SSSR count). The van der Waals surface area contributed by atoms with E-state index in [0.717, 1.165) is 6.26 Å². The lowest BCUT2D eigenvalue weighted by Crippen LogP contribution is -2.60. The molecule has 0 unspecified atom stereocenters. The molecule has 2 aliphatic heterocycles. The predicted octanol–water partition coefficient (Wildman–Crippen LogP) is -0.739. The third-order valence-corrected chi connectivity index (χ3v) is 6.67. The normalized spacial score (nSPS) is 33.0. The molecule has 1 aliphatic carbocycles. The first-order valence-electron chi connectivity index (χ1n) is 11.4. The lowest BCUT2D eigenvalue weighted by Gasteiger charge is -2.42. The third-order valence-electron chi connectivity index (χ3n) is 6.67. The first kappa shape index (κ1) is 26.9. The van der Waals surface area contributed by atoms with Crippen molar-refractivity contribution in [2.24, 2.45) is 11.8 Å². The molecule has 13 heteroatoms. The summed E-state index contributed by atoms with van der Waals surface area (Å²) in [6, 6.07) is 3.94. The van der Waals surface area contributed by atoms with E-state index in [1.54, 1.807) is 6.08 Å². The number of phenols is 1. The minimum atomic E-state index is -1.69. The molecule has 0 radical (unpaired) electrons. The number of phenolic OH excluding ortho intramolecular Hbond substituents is 1. The number of benzene rings is 1. The first-order chi connectivity index (χ1) is 17.7. The number of aliphatic hydroxyl groups is 4. The standard InChI is InChI=1S/C24H28O13/c1-33-15-6-10(3-5-14(15)26)22(32)34-8-11-2-4-12-13(21(30)31)9-35-23(17(11)12)37-24-20(29)19(28)18(27)16(7-25)36-24/h2-3,5-6,9,12,16-20,23-29H,4,7-8H2,1H3,(H,30,31)/t12-,16-,17-,18-,19+,20-,23+,24+/m1/s1. The third kappa shape index (κ3) is 5.28. The number of aliphatic hydroxyl groups excluding tert-OH is 4. The Kier molecular flexibility index (Phi) is 8.02. The number of aliphatic carboxylic acids is 1. The zero-order chi connectivity index (χ0) is 26.9. The van der Waals surface area contributed by atoms with E-state index in [9.17, 15) is 40.2 Å². The maximum absolute atomic E-state index is 12.6. The van der Waals surface area contributed by atoms with Crippen molar-refractivity contribution in [1.82, 2.24) is 0 Å². The van der Waals surface area contributed by atoms with Crippen molar-refractivity contribution in [3.05, 3.63) is 47.2 Å². The van der Waals surface area contributed by atoms with Gasteiger partial charge in [-0.25, -0.2) is 9.59 Å². The molecule has 3 aliphatic rings. The van der Waals surface area contributed by atoms with Gasteiger partial charge >= 0.3 is 11.9 Å². The van der Waals surface area contributed by atoms with Gasteiger partial charge in [0, 0.05) is 5.92 Å². The number of carboxylic acid groups (broad SMARTS) is 1. The summed E-state index contributed by atoms with van der Waals surface area (Å²) in [7, 11) is 1.33. The highest BCUT2D eigenvalue weighted by Crippen LogP contribution is 2.44. The number of allylic oxidation sites excluding steroid dienone is 1. The number of hydrogen-bond acceptors (Lipinski definition) is 12. The van der Waals surface area contributed by atoms with Crippen molar-refractivity contribution in [1.29, 1.82) is 0 Å². The molecule has 2 heterocycles. The fourth-order valence-corrected chi connectivity index (χ4v) is 4.65. The molecular formula is C24H28O13. The van der Waals surface area contributed by atoms with Crippen molar-refractivity contribution in [3.63, 3.8) is 0 Å². The number of hydrogen-bond donors (Lipinski definition) is 6. The Balaban J connectivity index is 1.50. The Morgan fingerprint density at radius 3 is 2.54 bits per heavy atom. The van der Waals surface area contributed by atoms with Crippen LogP contribution < -0.4 is 4.74 Å². The van der Waals surface area contributed by atoms with Crippen LogP contribution in [0.5, 0.6) is 11.5 Å². The SMILES string of the molecule is COc1cc(C(=O)OCC2=CC[C@@H]3C(C(=O)O)=CO[C@@H](O[C@@H]4O[C@H](CO)[C@@H](O)[C@H](O)[C@H]4O)[C@H]23)ccc1O. The number of esters is 1. The minimum Gasteiger partial charge on any atom is -0.504 e. The number of carboxylic acids is 1. The molecule has 0 spiro atoms. The van der Waals surface area contributed by atoms with Gasteiger partial charge in [0.2, 0.25) is 6.29 Å². The van der Waals surface area contributed by atoms with Crippen molar-refractivity contribution in [2.75, 3.05) is 20.3 Å². The molecule has 0 amide bonds. The average molecular weight is 524 g/mol. The van der Waals surface area contributed by atoms with Crippen LogP contribution in [0.1, 0.15) is 16.8 Å². The summed E-state index contributed by atoms with van der Waals surface area (Å²) in [5, 5.41) is 59.2. The number of carbonyl (C=O) groups excluding carboxylic acids is 1. The number of aromatic hydroxyl groups is 1. The summed E-state index contributed by atoms with van der Waals surface area (Å²) in [5.74, 6) is -3.36. The van der Waals surface area contributed by atoms with Crippen LogP contribution >= 0.6 is 0 Å². The fourth-order valence-electron chi connectivity index (χ4n) is 4.65. The second-order valence-electron chi connectivity index (χ2n) is 8.83. The van der Waals surface area contributed by atoms with Crippen LogP contribution in [-0.4, -0.2) is 99.9 Å². The van der Waals surface area contributed by atoms with Gasteiger partial charge in [0.15, 0.2) is 17.8 Å². The van der Waals surface area contributed by atoms with E-state index in [-0.39, 0.29) is 35.7 Å². The smallest absolute Gasteiger partial charge is 0.338 e. The Bertz CT molecular complexity index is 1080. The van der Waals surface area contributed by atoms with Crippen LogP contribution in [0.15, 0.2) is 41.7 Å². The highest BCUT2D eigenvalue weighted by atomic mass is 16.8. The lowest BCUT2D eigenvalue weighted by atomic mass is 9.83. The van der Waals surface area contributed by atoms with Crippen LogP contribution in [0.3, 0.4) is 0 Å². The van der Waals surface area contributed by atoms with Crippen molar-refractivity contribution < 1.29 is 63.9 Å². The van der Waals surface area contributed by atoms with Crippen LogP contribution in [0.2, 0.25) is 0 Å². The highest BCUT2D eigenvalue weighted by Gasteiger charge is 2.49. The van der Waals surface area contributed by atoms with Crippen LogP contribution in [0.4, 0.5) is 0 Å². The zero-order valence-electron chi connectivity index (χ0n) is 19.7. The van der Waals surface area contributed by atoms with E-state index >= 15 is 0 Å². The molecule has 0 saturated carbocycles. The zero-order valence-corrected chi connectivity index (χ0v) is 19.7. The van der Waals surface area contributed by atoms with E-state index in [2.05, 4.69) is 0 Å². The summed E-state index contributed by atoms with van der Waals surface area (Å²) >= 11 is 0. The van der Waals surface area contributed by atoms with Crippen molar-refractivity contribution in [3.8, 4) is 11.5 Å². The second-order valence-corrected chi connectivity index (χ2v) is 8.83. The summed E-state index contributed by atoms with van der Waals surface area (Å²) < 4.78 is 27.1. The van der Waals surface area contributed by atoms with Gasteiger partial charge in [-0.1, -0.05) is 6.08 Å². The topological polar surface area (TPSA) is 202 Å². The van der Waals surface area contributed by atoms with Crippen molar-refractivity contribution in [2.45, 2.75) is 43.4 Å².